The molecule has 2 heterocycles. The summed E-state index contributed by atoms with van der Waals surface area (Å²) in [5.74, 6) is 1.91. The highest BCUT2D eigenvalue weighted by Gasteiger charge is 2.50. The second kappa shape index (κ2) is 4.98. The van der Waals surface area contributed by atoms with Crippen molar-refractivity contribution < 1.29 is 0 Å². The minimum atomic E-state index is 0.369. The van der Waals surface area contributed by atoms with E-state index < -0.39 is 0 Å². The molecule has 0 bridgehead atoms. The Labute approximate surface area is 125 Å². The van der Waals surface area contributed by atoms with Crippen LogP contribution in [0, 0.1) is 17.3 Å². The summed E-state index contributed by atoms with van der Waals surface area (Å²) in [7, 11) is 0. The lowest BCUT2D eigenvalue weighted by atomic mass is 9.63. The van der Waals surface area contributed by atoms with E-state index in [0.717, 1.165) is 23.3 Å². The van der Waals surface area contributed by atoms with Crippen LogP contribution in [0.4, 0.5) is 0 Å². The van der Waals surface area contributed by atoms with Gasteiger partial charge >= 0.3 is 0 Å². The highest BCUT2D eigenvalue weighted by Crippen LogP contribution is 2.48. The molecule has 1 aliphatic carbocycles. The highest BCUT2D eigenvalue weighted by atomic mass is 15.4. The number of rotatable bonds is 2. The Morgan fingerprint density at radius 3 is 2.00 bits per heavy atom. The largest absolute Gasteiger partial charge is 0.297 e. The van der Waals surface area contributed by atoms with E-state index >= 15 is 0 Å². The van der Waals surface area contributed by atoms with Crippen molar-refractivity contribution in [2.75, 3.05) is 26.2 Å². The molecule has 20 heavy (non-hydrogen) atoms. The topological polar surface area (TPSA) is 6.48 Å². The summed E-state index contributed by atoms with van der Waals surface area (Å²) in [6, 6.07) is 0.864. The van der Waals surface area contributed by atoms with Crippen LogP contribution in [0.25, 0.3) is 0 Å². The summed E-state index contributed by atoms with van der Waals surface area (Å²) >= 11 is 0. The molecule has 2 heteroatoms. The Morgan fingerprint density at radius 2 is 1.55 bits per heavy atom. The van der Waals surface area contributed by atoms with Crippen LogP contribution in [0.15, 0.2) is 0 Å². The Morgan fingerprint density at radius 1 is 1.00 bits per heavy atom. The molecule has 1 spiro atoms. The third kappa shape index (κ3) is 2.66. The van der Waals surface area contributed by atoms with Gasteiger partial charge in [-0.2, -0.15) is 0 Å². The molecule has 0 unspecified atom stereocenters. The molecule has 2 nitrogen and oxygen atoms in total. The Balaban J connectivity index is 1.42. The fraction of sp³-hybridized carbons (Fsp3) is 1.00. The zero-order chi connectivity index (χ0) is 14.5. The quantitative estimate of drug-likeness (QED) is 0.761. The first kappa shape index (κ1) is 14.8. The molecule has 2 saturated heterocycles. The normalized spacial score (nSPS) is 29.7. The molecule has 0 aromatic rings. The lowest BCUT2D eigenvalue weighted by molar-refractivity contribution is -0.118. The first-order valence-electron chi connectivity index (χ1n) is 8.78. The summed E-state index contributed by atoms with van der Waals surface area (Å²) in [6.07, 6.45) is 5.98. The summed E-state index contributed by atoms with van der Waals surface area (Å²) < 4.78 is 0. The molecule has 1 saturated carbocycles. The van der Waals surface area contributed by atoms with Gasteiger partial charge in [-0.3, -0.25) is 9.80 Å². The van der Waals surface area contributed by atoms with Crippen molar-refractivity contribution in [2.45, 2.75) is 71.9 Å². The predicted molar refractivity (Wildman–Crippen MR) is 85.9 cm³/mol. The van der Waals surface area contributed by atoms with E-state index in [1.165, 1.54) is 51.9 Å². The average Bonchev–Trinajstić information content (AvgIpc) is 2.23. The summed E-state index contributed by atoms with van der Waals surface area (Å²) in [5.41, 5.74) is 1.10. The van der Waals surface area contributed by atoms with Gasteiger partial charge in [-0.1, -0.05) is 13.8 Å². The summed E-state index contributed by atoms with van der Waals surface area (Å²) in [4.78, 5) is 5.40. The highest BCUT2D eigenvalue weighted by molar-refractivity contribution is 5.04. The van der Waals surface area contributed by atoms with Crippen molar-refractivity contribution in [3.63, 3.8) is 0 Å². The van der Waals surface area contributed by atoms with E-state index in [1.54, 1.807) is 0 Å². The molecule has 0 aromatic heterocycles. The van der Waals surface area contributed by atoms with E-state index in [9.17, 15) is 0 Å². The van der Waals surface area contributed by atoms with E-state index in [1.807, 2.05) is 0 Å². The molecule has 0 aromatic carbocycles. The summed E-state index contributed by atoms with van der Waals surface area (Å²) in [6.45, 7) is 17.2. The van der Waals surface area contributed by atoms with Gasteiger partial charge in [0.1, 0.15) is 0 Å². The van der Waals surface area contributed by atoms with Crippen LogP contribution in [0.2, 0.25) is 0 Å². The maximum absolute atomic E-state index is 2.78. The molecule has 3 rings (SSSR count). The van der Waals surface area contributed by atoms with Gasteiger partial charge < -0.3 is 0 Å². The van der Waals surface area contributed by atoms with Gasteiger partial charge in [0.15, 0.2) is 0 Å². The van der Waals surface area contributed by atoms with Crippen LogP contribution in [0.1, 0.15) is 60.3 Å². The summed E-state index contributed by atoms with van der Waals surface area (Å²) in [5, 5.41) is 0. The lowest BCUT2D eigenvalue weighted by Gasteiger charge is -2.61. The predicted octanol–water partition coefficient (Wildman–Crippen LogP) is 3.62. The van der Waals surface area contributed by atoms with Crippen molar-refractivity contribution in [2.24, 2.45) is 17.3 Å². The van der Waals surface area contributed by atoms with Crippen molar-refractivity contribution in [3.8, 4) is 0 Å². The zero-order valence-electron chi connectivity index (χ0n) is 14.3. The van der Waals surface area contributed by atoms with Crippen LogP contribution in [-0.4, -0.2) is 47.6 Å². The van der Waals surface area contributed by atoms with Crippen molar-refractivity contribution >= 4 is 0 Å². The Kier molecular flexibility index (Phi) is 3.70. The molecule has 0 radical (unpaired) electrons. The molecule has 116 valence electrons. The second-order valence-corrected chi connectivity index (χ2v) is 9.22. The maximum atomic E-state index is 2.78. The zero-order valence-corrected chi connectivity index (χ0v) is 14.3. The van der Waals surface area contributed by atoms with Gasteiger partial charge in [0.25, 0.3) is 0 Å². The molecule has 0 atom stereocenters. The minimum Gasteiger partial charge on any atom is -0.297 e. The average molecular weight is 278 g/mol. The van der Waals surface area contributed by atoms with Crippen LogP contribution in [0.3, 0.4) is 0 Å². The van der Waals surface area contributed by atoms with E-state index in [0.29, 0.717) is 5.54 Å². The number of likely N-dealkylation sites (tertiary alicyclic amines) is 2. The van der Waals surface area contributed by atoms with E-state index in [-0.39, 0.29) is 0 Å². The third-order valence-corrected chi connectivity index (χ3v) is 6.44. The van der Waals surface area contributed by atoms with Crippen molar-refractivity contribution in [1.29, 1.82) is 0 Å². The molecule has 0 amide bonds. The number of nitrogens with zero attached hydrogens (tertiary/aromatic N) is 2. The van der Waals surface area contributed by atoms with Gasteiger partial charge in [-0.05, 0) is 63.7 Å². The van der Waals surface area contributed by atoms with Gasteiger partial charge in [-0.25, -0.2) is 0 Å². The standard InChI is InChI=1S/C18H34N2/c1-14(2)15-6-8-18(9-7-15)12-19(13-18)16-10-20(11-16)17(3,4)5/h14-16H,6-13H2,1-5H3. The number of hydrogen-bond acceptors (Lipinski definition) is 2. The molecule has 2 aliphatic heterocycles. The van der Waals surface area contributed by atoms with Gasteiger partial charge in [0, 0.05) is 37.8 Å². The van der Waals surface area contributed by atoms with E-state index in [4.69, 9.17) is 0 Å². The monoisotopic (exact) mass is 278 g/mol. The smallest absolute Gasteiger partial charge is 0.0351 e. The minimum absolute atomic E-state index is 0.369. The lowest BCUT2D eigenvalue weighted by Crippen LogP contribution is -2.71. The molecule has 0 N–H and O–H groups in total. The SMILES string of the molecule is CC(C)C1CCC2(CC1)CN(C1CN(C(C)(C)C)C1)C2. The fourth-order valence-corrected chi connectivity index (χ4v) is 4.54. The fourth-order valence-electron chi connectivity index (χ4n) is 4.54. The first-order chi connectivity index (χ1) is 9.29. The van der Waals surface area contributed by atoms with Crippen LogP contribution in [0.5, 0.6) is 0 Å². The Bertz CT molecular complexity index is 333. The van der Waals surface area contributed by atoms with Crippen LogP contribution < -0.4 is 0 Å². The number of hydrogen-bond donors (Lipinski definition) is 0. The molecule has 3 fully saturated rings. The van der Waals surface area contributed by atoms with Crippen molar-refractivity contribution in [3.05, 3.63) is 0 Å². The van der Waals surface area contributed by atoms with Crippen LogP contribution in [-0.2, 0) is 0 Å². The Hall–Kier alpha value is -0.0800. The molecular weight excluding hydrogens is 244 g/mol. The third-order valence-electron chi connectivity index (χ3n) is 6.44. The van der Waals surface area contributed by atoms with Crippen LogP contribution >= 0.6 is 0 Å². The molecule has 3 aliphatic rings. The van der Waals surface area contributed by atoms with Gasteiger partial charge in [0.2, 0.25) is 0 Å². The van der Waals surface area contributed by atoms with Crippen molar-refractivity contribution in [1.82, 2.24) is 9.80 Å². The van der Waals surface area contributed by atoms with Gasteiger partial charge in [0.05, 0.1) is 0 Å². The maximum Gasteiger partial charge on any atom is 0.0351 e. The first-order valence-corrected chi connectivity index (χ1v) is 8.78. The van der Waals surface area contributed by atoms with Gasteiger partial charge in [-0.15, -0.1) is 0 Å². The second-order valence-electron chi connectivity index (χ2n) is 9.22. The molecular formula is C18H34N2. The van der Waals surface area contributed by atoms with E-state index in [2.05, 4.69) is 44.4 Å².